The van der Waals surface area contributed by atoms with Crippen molar-refractivity contribution in [1.82, 2.24) is 5.32 Å². The van der Waals surface area contributed by atoms with Crippen molar-refractivity contribution in [1.29, 1.82) is 0 Å². The summed E-state index contributed by atoms with van der Waals surface area (Å²) in [6, 6.07) is 15.3. The molecule has 2 atom stereocenters. The maximum atomic E-state index is 13.0. The summed E-state index contributed by atoms with van der Waals surface area (Å²) >= 11 is 0. The molecule has 1 aliphatic rings. The lowest BCUT2D eigenvalue weighted by atomic mass is 9.98. The molecule has 0 spiro atoms. The quantitative estimate of drug-likeness (QED) is 0.911. The summed E-state index contributed by atoms with van der Waals surface area (Å²) in [5.41, 5.74) is 2.29. The van der Waals surface area contributed by atoms with Crippen LogP contribution < -0.4 is 10.1 Å². The fourth-order valence-electron chi connectivity index (χ4n) is 2.66. The molecule has 2 aromatic carbocycles. The van der Waals surface area contributed by atoms with Gasteiger partial charge in [-0.1, -0.05) is 30.3 Å². The molecule has 0 saturated carbocycles. The molecule has 3 rings (SSSR count). The van der Waals surface area contributed by atoms with E-state index in [-0.39, 0.29) is 17.9 Å². The Hall–Kier alpha value is -1.87. The van der Waals surface area contributed by atoms with E-state index in [9.17, 15) is 4.39 Å². The molecule has 1 N–H and O–H groups in total. The van der Waals surface area contributed by atoms with Crippen LogP contribution in [0.2, 0.25) is 0 Å². The Balaban J connectivity index is 1.77. The zero-order valence-corrected chi connectivity index (χ0v) is 11.5. The number of hydrogen-bond donors (Lipinski definition) is 1. The Bertz CT molecular complexity index is 582. The van der Waals surface area contributed by atoms with E-state index in [4.69, 9.17) is 4.74 Å². The van der Waals surface area contributed by atoms with Gasteiger partial charge < -0.3 is 10.1 Å². The third-order valence-corrected chi connectivity index (χ3v) is 3.78. The number of ether oxygens (including phenoxy) is 1. The van der Waals surface area contributed by atoms with Gasteiger partial charge >= 0.3 is 0 Å². The van der Waals surface area contributed by atoms with E-state index in [0.29, 0.717) is 0 Å². The minimum Gasteiger partial charge on any atom is -0.493 e. The highest BCUT2D eigenvalue weighted by Crippen LogP contribution is 2.33. The van der Waals surface area contributed by atoms with Gasteiger partial charge in [-0.05, 0) is 30.7 Å². The first-order chi connectivity index (χ1) is 9.74. The van der Waals surface area contributed by atoms with Gasteiger partial charge in [-0.2, -0.15) is 0 Å². The second kappa shape index (κ2) is 5.63. The van der Waals surface area contributed by atoms with Crippen LogP contribution in [0.25, 0.3) is 0 Å². The van der Waals surface area contributed by atoms with Crippen LogP contribution in [0.15, 0.2) is 48.5 Å². The van der Waals surface area contributed by atoms with Crippen molar-refractivity contribution in [3.63, 3.8) is 0 Å². The van der Waals surface area contributed by atoms with Gasteiger partial charge in [0.1, 0.15) is 11.6 Å². The fourth-order valence-corrected chi connectivity index (χ4v) is 2.66. The number of benzene rings is 2. The monoisotopic (exact) mass is 271 g/mol. The summed E-state index contributed by atoms with van der Waals surface area (Å²) < 4.78 is 18.6. The molecule has 0 bridgehead atoms. The van der Waals surface area contributed by atoms with Crippen molar-refractivity contribution < 1.29 is 9.13 Å². The zero-order valence-electron chi connectivity index (χ0n) is 11.5. The third-order valence-electron chi connectivity index (χ3n) is 3.78. The van der Waals surface area contributed by atoms with E-state index >= 15 is 0 Å². The molecular weight excluding hydrogens is 253 g/mol. The number of halogens is 1. The molecule has 104 valence electrons. The largest absolute Gasteiger partial charge is 0.493 e. The minimum atomic E-state index is -0.197. The smallest absolute Gasteiger partial charge is 0.124 e. The van der Waals surface area contributed by atoms with E-state index in [2.05, 4.69) is 18.3 Å². The molecule has 0 saturated heterocycles. The van der Waals surface area contributed by atoms with Gasteiger partial charge in [0, 0.05) is 24.1 Å². The Labute approximate surface area is 118 Å². The minimum absolute atomic E-state index is 0.173. The fraction of sp³-hybridized carbons (Fsp3) is 0.294. The maximum Gasteiger partial charge on any atom is 0.124 e. The van der Waals surface area contributed by atoms with Crippen LogP contribution in [-0.4, -0.2) is 6.61 Å². The summed E-state index contributed by atoms with van der Waals surface area (Å²) in [6.07, 6.45) is 0.947. The Morgan fingerprint density at radius 2 is 1.90 bits per heavy atom. The second-order valence-corrected chi connectivity index (χ2v) is 5.17. The Morgan fingerprint density at radius 1 is 1.15 bits per heavy atom. The molecular formula is C17H18FNO. The Kier molecular flexibility index (Phi) is 3.70. The SMILES string of the molecule is C[C@@H](NC1CCOc2ccccc21)c1ccc(F)cc1. The molecule has 0 aliphatic carbocycles. The second-order valence-electron chi connectivity index (χ2n) is 5.17. The molecule has 0 aromatic heterocycles. The van der Waals surface area contributed by atoms with Gasteiger partial charge in [0.15, 0.2) is 0 Å². The average molecular weight is 271 g/mol. The molecule has 3 heteroatoms. The van der Waals surface area contributed by atoms with Crippen molar-refractivity contribution in [3.8, 4) is 5.75 Å². The number of fused-ring (bicyclic) bond motifs is 1. The topological polar surface area (TPSA) is 21.3 Å². The summed E-state index contributed by atoms with van der Waals surface area (Å²) in [4.78, 5) is 0. The summed E-state index contributed by atoms with van der Waals surface area (Å²) in [6.45, 7) is 2.83. The van der Waals surface area contributed by atoms with E-state index in [1.165, 1.54) is 17.7 Å². The van der Waals surface area contributed by atoms with Gasteiger partial charge in [0.2, 0.25) is 0 Å². The predicted octanol–water partition coefficient (Wildman–Crippen LogP) is 4.00. The van der Waals surface area contributed by atoms with Gasteiger partial charge in [0.05, 0.1) is 6.61 Å². The zero-order chi connectivity index (χ0) is 13.9. The predicted molar refractivity (Wildman–Crippen MR) is 77.2 cm³/mol. The van der Waals surface area contributed by atoms with E-state index in [1.807, 2.05) is 30.3 Å². The lowest BCUT2D eigenvalue weighted by Gasteiger charge is -2.29. The van der Waals surface area contributed by atoms with Crippen LogP contribution in [0, 0.1) is 5.82 Å². The van der Waals surface area contributed by atoms with Crippen LogP contribution in [0.4, 0.5) is 4.39 Å². The Morgan fingerprint density at radius 3 is 2.70 bits per heavy atom. The lowest BCUT2D eigenvalue weighted by Crippen LogP contribution is -2.29. The highest BCUT2D eigenvalue weighted by molar-refractivity contribution is 5.37. The molecule has 0 fully saturated rings. The number of nitrogens with one attached hydrogen (secondary N) is 1. The first-order valence-electron chi connectivity index (χ1n) is 6.97. The van der Waals surface area contributed by atoms with E-state index in [0.717, 1.165) is 24.3 Å². The van der Waals surface area contributed by atoms with E-state index < -0.39 is 0 Å². The van der Waals surface area contributed by atoms with Crippen LogP contribution in [0.5, 0.6) is 5.75 Å². The lowest BCUT2D eigenvalue weighted by molar-refractivity contribution is 0.246. The maximum absolute atomic E-state index is 13.0. The molecule has 20 heavy (non-hydrogen) atoms. The summed E-state index contributed by atoms with van der Waals surface area (Å²) in [7, 11) is 0. The number of para-hydroxylation sites is 1. The van der Waals surface area contributed by atoms with Gasteiger partial charge in [-0.15, -0.1) is 0 Å². The van der Waals surface area contributed by atoms with Crippen molar-refractivity contribution >= 4 is 0 Å². The molecule has 1 unspecified atom stereocenters. The van der Waals surface area contributed by atoms with Crippen molar-refractivity contribution in [2.45, 2.75) is 25.4 Å². The molecule has 0 radical (unpaired) electrons. The third kappa shape index (κ3) is 2.68. The van der Waals surface area contributed by atoms with Crippen molar-refractivity contribution in [2.75, 3.05) is 6.61 Å². The summed E-state index contributed by atoms with van der Waals surface area (Å²) in [5, 5.41) is 3.61. The average Bonchev–Trinajstić information content (AvgIpc) is 2.48. The number of hydrogen-bond acceptors (Lipinski definition) is 2. The van der Waals surface area contributed by atoms with Crippen molar-refractivity contribution in [2.24, 2.45) is 0 Å². The van der Waals surface area contributed by atoms with Crippen LogP contribution in [-0.2, 0) is 0 Å². The molecule has 2 nitrogen and oxygen atoms in total. The molecule has 0 amide bonds. The molecule has 1 aliphatic heterocycles. The standard InChI is InChI=1S/C17H18FNO/c1-12(13-6-8-14(18)9-7-13)19-16-10-11-20-17-5-3-2-4-15(16)17/h2-9,12,16,19H,10-11H2,1H3/t12-,16?/m1/s1. The first kappa shape index (κ1) is 13.1. The normalized spacial score (nSPS) is 19.0. The number of rotatable bonds is 3. The molecule has 2 aromatic rings. The molecule has 1 heterocycles. The van der Waals surface area contributed by atoms with Gasteiger partial charge in [-0.3, -0.25) is 0 Å². The van der Waals surface area contributed by atoms with Crippen LogP contribution in [0.1, 0.15) is 36.6 Å². The summed E-state index contributed by atoms with van der Waals surface area (Å²) in [5.74, 6) is 0.764. The van der Waals surface area contributed by atoms with E-state index in [1.54, 1.807) is 0 Å². The first-order valence-corrected chi connectivity index (χ1v) is 6.97. The van der Waals surface area contributed by atoms with Gasteiger partial charge in [-0.25, -0.2) is 4.39 Å². The van der Waals surface area contributed by atoms with Crippen LogP contribution >= 0.6 is 0 Å². The van der Waals surface area contributed by atoms with Crippen LogP contribution in [0.3, 0.4) is 0 Å². The van der Waals surface area contributed by atoms with Gasteiger partial charge in [0.25, 0.3) is 0 Å². The van der Waals surface area contributed by atoms with Crippen molar-refractivity contribution in [3.05, 3.63) is 65.5 Å². The highest BCUT2D eigenvalue weighted by Gasteiger charge is 2.22. The highest BCUT2D eigenvalue weighted by atomic mass is 19.1.